The highest BCUT2D eigenvalue weighted by molar-refractivity contribution is 5.29. The molecule has 0 spiro atoms. The first-order valence-corrected chi connectivity index (χ1v) is 5.15. The molecule has 0 aliphatic carbocycles. The topological polar surface area (TPSA) is 29.5 Å². The summed E-state index contributed by atoms with van der Waals surface area (Å²) < 4.78 is 5.53. The van der Waals surface area contributed by atoms with Crippen LogP contribution in [0, 0.1) is 0 Å². The Hall–Kier alpha value is -1.02. The van der Waals surface area contributed by atoms with Crippen molar-refractivity contribution >= 4 is 0 Å². The molecule has 0 aliphatic heterocycles. The molecule has 2 heteroatoms. The van der Waals surface area contributed by atoms with Crippen molar-refractivity contribution in [2.24, 2.45) is 0 Å². The van der Waals surface area contributed by atoms with Gasteiger partial charge in [0, 0.05) is 0 Å². The smallest absolute Gasteiger partial charge is 0.119 e. The van der Waals surface area contributed by atoms with Gasteiger partial charge in [0.25, 0.3) is 0 Å². The molecule has 0 bridgehead atoms. The zero-order valence-corrected chi connectivity index (χ0v) is 8.86. The maximum absolute atomic E-state index is 9.36. The summed E-state index contributed by atoms with van der Waals surface area (Å²) in [6.45, 7) is 4.64. The van der Waals surface area contributed by atoms with Gasteiger partial charge in [-0.25, -0.2) is 0 Å². The monoisotopic (exact) mass is 194 g/mol. The van der Waals surface area contributed by atoms with Crippen LogP contribution in [-0.2, 0) is 0 Å². The maximum atomic E-state index is 9.36. The molecular weight excluding hydrogens is 176 g/mol. The average molecular weight is 194 g/mol. The van der Waals surface area contributed by atoms with E-state index in [4.69, 9.17) is 4.74 Å². The minimum Gasteiger partial charge on any atom is -0.494 e. The number of aliphatic hydroxyl groups excluding tert-OH is 1. The Morgan fingerprint density at radius 3 is 2.86 bits per heavy atom. The highest BCUT2D eigenvalue weighted by Crippen LogP contribution is 2.18. The lowest BCUT2D eigenvalue weighted by atomic mass is 10.1. The van der Waals surface area contributed by atoms with Gasteiger partial charge in [-0.3, -0.25) is 0 Å². The predicted molar refractivity (Wildman–Crippen MR) is 57.5 cm³/mol. The van der Waals surface area contributed by atoms with Gasteiger partial charge in [-0.05, 0) is 31.0 Å². The minimum atomic E-state index is -0.426. The Balaban J connectivity index is 2.55. The molecule has 1 unspecified atom stereocenters. The van der Waals surface area contributed by atoms with Gasteiger partial charge in [0.1, 0.15) is 5.75 Å². The zero-order chi connectivity index (χ0) is 10.4. The van der Waals surface area contributed by atoms with Gasteiger partial charge < -0.3 is 9.84 Å². The molecule has 0 heterocycles. The number of ether oxygens (including phenoxy) is 1. The summed E-state index contributed by atoms with van der Waals surface area (Å²) >= 11 is 0. The maximum Gasteiger partial charge on any atom is 0.119 e. The summed E-state index contributed by atoms with van der Waals surface area (Å²) in [6, 6.07) is 7.61. The van der Waals surface area contributed by atoms with Crippen molar-refractivity contribution < 1.29 is 9.84 Å². The quantitative estimate of drug-likeness (QED) is 0.730. The van der Waals surface area contributed by atoms with Crippen LogP contribution in [0.25, 0.3) is 0 Å². The van der Waals surface area contributed by atoms with Crippen LogP contribution in [0.15, 0.2) is 24.3 Å². The zero-order valence-electron chi connectivity index (χ0n) is 8.86. The molecule has 0 radical (unpaired) electrons. The molecule has 1 aromatic carbocycles. The Morgan fingerprint density at radius 1 is 1.43 bits per heavy atom. The number of unbranched alkanes of at least 4 members (excludes halogenated alkanes) is 1. The van der Waals surface area contributed by atoms with E-state index in [0.717, 1.165) is 30.8 Å². The fraction of sp³-hybridized carbons (Fsp3) is 0.500. The minimum absolute atomic E-state index is 0.426. The van der Waals surface area contributed by atoms with Crippen molar-refractivity contribution in [2.75, 3.05) is 6.61 Å². The third-order valence-corrected chi connectivity index (χ3v) is 2.11. The first kappa shape index (κ1) is 11.1. The lowest BCUT2D eigenvalue weighted by molar-refractivity contribution is 0.198. The molecule has 0 aromatic heterocycles. The Morgan fingerprint density at radius 2 is 2.21 bits per heavy atom. The molecule has 14 heavy (non-hydrogen) atoms. The molecular formula is C12H18O2. The number of aliphatic hydroxyl groups is 1. The molecule has 0 aliphatic rings. The largest absolute Gasteiger partial charge is 0.494 e. The summed E-state index contributed by atoms with van der Waals surface area (Å²) in [5, 5.41) is 9.36. The van der Waals surface area contributed by atoms with Crippen molar-refractivity contribution in [3.05, 3.63) is 29.8 Å². The Bertz CT molecular complexity index is 269. The second kappa shape index (κ2) is 5.66. The molecule has 0 saturated carbocycles. The first-order chi connectivity index (χ1) is 6.74. The highest BCUT2D eigenvalue weighted by Gasteiger charge is 2.01. The highest BCUT2D eigenvalue weighted by atomic mass is 16.5. The van der Waals surface area contributed by atoms with E-state index in [-0.39, 0.29) is 0 Å². The van der Waals surface area contributed by atoms with Crippen LogP contribution in [0.4, 0.5) is 0 Å². The Kier molecular flexibility index (Phi) is 4.47. The van der Waals surface area contributed by atoms with Crippen LogP contribution >= 0.6 is 0 Å². The summed E-state index contributed by atoms with van der Waals surface area (Å²) in [5.74, 6) is 0.844. The fourth-order valence-corrected chi connectivity index (χ4v) is 1.20. The van der Waals surface area contributed by atoms with Gasteiger partial charge in [0.05, 0.1) is 12.7 Å². The lowest BCUT2D eigenvalue weighted by Crippen LogP contribution is -1.98. The van der Waals surface area contributed by atoms with Crippen molar-refractivity contribution in [1.82, 2.24) is 0 Å². The molecule has 0 saturated heterocycles. The third kappa shape index (κ3) is 3.38. The molecule has 0 amide bonds. The van der Waals surface area contributed by atoms with Gasteiger partial charge in [0.15, 0.2) is 0 Å². The Labute approximate surface area is 85.5 Å². The van der Waals surface area contributed by atoms with Crippen molar-refractivity contribution in [3.63, 3.8) is 0 Å². The summed E-state index contributed by atoms with van der Waals surface area (Å²) in [5.41, 5.74) is 0.902. The number of rotatable bonds is 5. The van der Waals surface area contributed by atoms with Crippen LogP contribution in [0.2, 0.25) is 0 Å². The van der Waals surface area contributed by atoms with Crippen LogP contribution in [-0.4, -0.2) is 11.7 Å². The van der Waals surface area contributed by atoms with Crippen LogP contribution in [0.5, 0.6) is 5.75 Å². The summed E-state index contributed by atoms with van der Waals surface area (Å²) in [4.78, 5) is 0. The molecule has 78 valence electrons. The SMILES string of the molecule is CCCCOc1cccc(C(C)O)c1. The summed E-state index contributed by atoms with van der Waals surface area (Å²) in [6.07, 6.45) is 1.78. The second-order valence-electron chi connectivity index (χ2n) is 3.45. The van der Waals surface area contributed by atoms with E-state index < -0.39 is 6.10 Å². The molecule has 1 N–H and O–H groups in total. The van der Waals surface area contributed by atoms with Gasteiger partial charge >= 0.3 is 0 Å². The molecule has 1 atom stereocenters. The van der Waals surface area contributed by atoms with E-state index >= 15 is 0 Å². The first-order valence-electron chi connectivity index (χ1n) is 5.15. The van der Waals surface area contributed by atoms with E-state index in [1.165, 1.54) is 0 Å². The van der Waals surface area contributed by atoms with E-state index in [1.807, 2.05) is 24.3 Å². The third-order valence-electron chi connectivity index (χ3n) is 2.11. The van der Waals surface area contributed by atoms with E-state index in [1.54, 1.807) is 6.92 Å². The number of hydrogen-bond acceptors (Lipinski definition) is 2. The predicted octanol–water partition coefficient (Wildman–Crippen LogP) is 2.92. The standard InChI is InChI=1S/C12H18O2/c1-3-4-8-14-12-7-5-6-11(9-12)10(2)13/h5-7,9-10,13H,3-4,8H2,1-2H3. The normalized spacial score (nSPS) is 12.5. The van der Waals surface area contributed by atoms with Crippen LogP contribution in [0.1, 0.15) is 38.4 Å². The van der Waals surface area contributed by atoms with E-state index in [2.05, 4.69) is 6.92 Å². The second-order valence-corrected chi connectivity index (χ2v) is 3.45. The van der Waals surface area contributed by atoms with Gasteiger partial charge in [-0.2, -0.15) is 0 Å². The van der Waals surface area contributed by atoms with E-state index in [9.17, 15) is 5.11 Å². The van der Waals surface area contributed by atoms with Crippen molar-refractivity contribution in [2.45, 2.75) is 32.8 Å². The molecule has 2 nitrogen and oxygen atoms in total. The molecule has 1 rings (SSSR count). The van der Waals surface area contributed by atoms with Crippen LogP contribution in [0.3, 0.4) is 0 Å². The fourth-order valence-electron chi connectivity index (χ4n) is 1.20. The molecule has 0 fully saturated rings. The average Bonchev–Trinajstić information content (AvgIpc) is 2.19. The number of benzene rings is 1. The van der Waals surface area contributed by atoms with Crippen molar-refractivity contribution in [1.29, 1.82) is 0 Å². The van der Waals surface area contributed by atoms with E-state index in [0.29, 0.717) is 0 Å². The van der Waals surface area contributed by atoms with Gasteiger partial charge in [0.2, 0.25) is 0 Å². The van der Waals surface area contributed by atoms with Gasteiger partial charge in [-0.15, -0.1) is 0 Å². The van der Waals surface area contributed by atoms with Crippen LogP contribution < -0.4 is 4.74 Å². The lowest BCUT2D eigenvalue weighted by Gasteiger charge is -2.08. The number of hydrogen-bond donors (Lipinski definition) is 1. The summed E-state index contributed by atoms with van der Waals surface area (Å²) in [7, 11) is 0. The van der Waals surface area contributed by atoms with Gasteiger partial charge in [-0.1, -0.05) is 25.5 Å². The van der Waals surface area contributed by atoms with Crippen molar-refractivity contribution in [3.8, 4) is 5.75 Å². The molecule has 1 aromatic rings.